The number of hydrogen-bond donors (Lipinski definition) is 0. The topological polar surface area (TPSA) is 0 Å². The fourth-order valence-electron chi connectivity index (χ4n) is 6.67. The van der Waals surface area contributed by atoms with Gasteiger partial charge in [0.15, 0.2) is 0 Å². The van der Waals surface area contributed by atoms with Gasteiger partial charge in [0.1, 0.15) is 0 Å². The fourth-order valence-corrected chi connectivity index (χ4v) is 6.67. The van der Waals surface area contributed by atoms with Crippen LogP contribution in [0.15, 0.2) is 140 Å². The molecule has 0 nitrogen and oxygen atoms in total. The smallest absolute Gasteiger partial charge is 0.0288 e. The van der Waals surface area contributed by atoms with Crippen molar-refractivity contribution in [1.29, 1.82) is 0 Å². The lowest BCUT2D eigenvalue weighted by molar-refractivity contribution is 0.896. The third kappa shape index (κ3) is 46.0. The van der Waals surface area contributed by atoms with Crippen molar-refractivity contribution in [3.05, 3.63) is 140 Å². The molecule has 0 rings (SSSR count). The molecule has 0 saturated heterocycles. The molecule has 0 N–H and O–H groups in total. The summed E-state index contributed by atoms with van der Waals surface area (Å²) in [6.45, 7) is 35.6. The Kier molecular flexibility index (Phi) is 39.3. The first-order chi connectivity index (χ1) is 28.4. The van der Waals surface area contributed by atoms with E-state index in [1.54, 1.807) is 0 Å². The molecule has 0 atom stereocenters. The highest BCUT2D eigenvalue weighted by Crippen LogP contribution is 2.17. The van der Waals surface area contributed by atoms with Crippen LogP contribution in [0.5, 0.6) is 0 Å². The molecule has 0 bridgehead atoms. The van der Waals surface area contributed by atoms with Crippen molar-refractivity contribution >= 4 is 0 Å². The first kappa shape index (κ1) is 59.0. The van der Waals surface area contributed by atoms with Crippen LogP contribution in [-0.2, 0) is 0 Å². The molecule has 60 heavy (non-hydrogen) atoms. The summed E-state index contributed by atoms with van der Waals surface area (Å²) in [5.41, 5.74) is 17.9. The van der Waals surface area contributed by atoms with Crippen molar-refractivity contribution in [2.75, 3.05) is 0 Å². The first-order valence-corrected chi connectivity index (χ1v) is 24.2. The van der Waals surface area contributed by atoms with Crippen LogP contribution in [0.4, 0.5) is 0 Å². The van der Waals surface area contributed by atoms with Gasteiger partial charge in [-0.15, -0.1) is 0 Å². The van der Waals surface area contributed by atoms with Crippen LogP contribution in [0.3, 0.4) is 0 Å². The Balaban J connectivity index is 0. The average Bonchev–Trinajstić information content (AvgIpc) is 3.15. The minimum Gasteiger partial charge on any atom is -0.0856 e. The largest absolute Gasteiger partial charge is 0.0856 e. The molecule has 0 aliphatic carbocycles. The van der Waals surface area contributed by atoms with Crippen molar-refractivity contribution < 1.29 is 0 Å². The molecule has 0 spiro atoms. The molecule has 0 aromatic heterocycles. The lowest BCUT2D eigenvalue weighted by Crippen LogP contribution is -1.82. The van der Waals surface area contributed by atoms with E-state index in [1.165, 1.54) is 195 Å². The highest BCUT2D eigenvalue weighted by atomic mass is 14.0. The van der Waals surface area contributed by atoms with Gasteiger partial charge in [0, 0.05) is 0 Å². The van der Waals surface area contributed by atoms with Crippen molar-refractivity contribution in [1.82, 2.24) is 0 Å². The summed E-state index contributed by atoms with van der Waals surface area (Å²) < 4.78 is 0. The third-order valence-electron chi connectivity index (χ3n) is 10.8. The summed E-state index contributed by atoms with van der Waals surface area (Å²) in [6.07, 6.45) is 52.4. The Morgan fingerprint density at radius 3 is 0.417 bits per heavy atom. The van der Waals surface area contributed by atoms with E-state index in [2.05, 4.69) is 184 Å². The highest BCUT2D eigenvalue weighted by Gasteiger charge is 1.96. The second-order valence-corrected chi connectivity index (χ2v) is 19.0. The quantitative estimate of drug-likeness (QED) is 0.0500. The summed E-state index contributed by atoms with van der Waals surface area (Å²) in [7, 11) is 0. The normalized spacial score (nSPS) is 13.5. The van der Waals surface area contributed by atoms with Crippen molar-refractivity contribution in [2.24, 2.45) is 0 Å². The number of allylic oxidation sites excluding steroid dienone is 24. The van der Waals surface area contributed by atoms with Gasteiger partial charge in [0.05, 0.1) is 0 Å². The van der Waals surface area contributed by atoms with E-state index in [0.717, 1.165) is 0 Å². The molecular formula is C60H100. The van der Waals surface area contributed by atoms with Gasteiger partial charge in [0.2, 0.25) is 0 Å². The minimum atomic E-state index is 1.17. The van der Waals surface area contributed by atoms with E-state index in [-0.39, 0.29) is 0 Å². The molecule has 0 unspecified atom stereocenters. The van der Waals surface area contributed by atoms with E-state index in [1.807, 2.05) is 0 Å². The van der Waals surface area contributed by atoms with Gasteiger partial charge in [-0.05, 0) is 239 Å². The summed E-state index contributed by atoms with van der Waals surface area (Å²) in [5, 5.41) is 0. The molecule has 0 radical (unpaired) electrons. The average molecular weight is 821 g/mol. The molecular weight excluding hydrogens is 721 g/mol. The molecule has 340 valence electrons. The van der Waals surface area contributed by atoms with Crippen molar-refractivity contribution in [3.8, 4) is 0 Å². The molecule has 0 aliphatic heterocycles. The van der Waals surface area contributed by atoms with Gasteiger partial charge in [-0.1, -0.05) is 140 Å². The van der Waals surface area contributed by atoms with Crippen LogP contribution < -0.4 is 0 Å². The van der Waals surface area contributed by atoms with Crippen molar-refractivity contribution in [3.63, 3.8) is 0 Å². The first-order valence-electron chi connectivity index (χ1n) is 24.2. The van der Waals surface area contributed by atoms with E-state index in [0.29, 0.717) is 0 Å². The Morgan fingerprint density at radius 1 is 0.167 bits per heavy atom. The zero-order chi connectivity index (χ0) is 45.6. The Labute approximate surface area is 377 Å². The van der Waals surface area contributed by atoms with Crippen LogP contribution in [0.25, 0.3) is 0 Å². The van der Waals surface area contributed by atoms with E-state index < -0.39 is 0 Å². The Hall–Kier alpha value is -3.12. The van der Waals surface area contributed by atoms with Crippen molar-refractivity contribution in [2.45, 2.75) is 239 Å². The summed E-state index contributed by atoms with van der Waals surface area (Å²) in [5.74, 6) is 0. The predicted octanol–water partition coefficient (Wildman–Crippen LogP) is 21.2. The van der Waals surface area contributed by atoms with Gasteiger partial charge in [0.25, 0.3) is 0 Å². The van der Waals surface area contributed by atoms with Crippen LogP contribution >= 0.6 is 0 Å². The minimum absolute atomic E-state index is 1.17. The molecule has 0 aromatic rings. The highest BCUT2D eigenvalue weighted by molar-refractivity contribution is 5.10. The molecule has 0 fully saturated rings. The third-order valence-corrected chi connectivity index (χ3v) is 10.8. The summed E-state index contributed by atoms with van der Waals surface area (Å²) in [6, 6.07) is 0. The van der Waals surface area contributed by atoms with Gasteiger partial charge in [-0.25, -0.2) is 0 Å². The van der Waals surface area contributed by atoms with E-state index in [9.17, 15) is 0 Å². The number of hydrogen-bond acceptors (Lipinski definition) is 0. The number of unbranched alkanes of at least 4 members (excludes halogenated alkanes) is 2. The van der Waals surface area contributed by atoms with Crippen LogP contribution in [0, 0.1) is 0 Å². The maximum Gasteiger partial charge on any atom is -0.0288 e. The zero-order valence-corrected chi connectivity index (χ0v) is 43.1. The maximum absolute atomic E-state index is 2.43. The van der Waals surface area contributed by atoms with Crippen LogP contribution in [-0.4, -0.2) is 0 Å². The Morgan fingerprint density at radius 2 is 0.283 bits per heavy atom. The lowest BCUT2D eigenvalue weighted by atomic mass is 10.0. The fraction of sp³-hybridized carbons (Fsp3) is 0.600. The van der Waals surface area contributed by atoms with Crippen LogP contribution in [0.2, 0.25) is 0 Å². The molecule has 0 aromatic carbocycles. The second kappa shape index (κ2) is 40.0. The monoisotopic (exact) mass is 821 g/mol. The molecule has 0 heteroatoms. The maximum atomic E-state index is 2.43. The second-order valence-electron chi connectivity index (χ2n) is 19.0. The predicted molar refractivity (Wildman–Crippen MR) is 280 cm³/mol. The summed E-state index contributed by atoms with van der Waals surface area (Å²) in [4.78, 5) is 0. The molecule has 0 aliphatic rings. The van der Waals surface area contributed by atoms with Gasteiger partial charge in [-0.3, -0.25) is 0 Å². The van der Waals surface area contributed by atoms with Gasteiger partial charge < -0.3 is 0 Å². The van der Waals surface area contributed by atoms with Gasteiger partial charge in [-0.2, -0.15) is 0 Å². The lowest BCUT2D eigenvalue weighted by Gasteiger charge is -2.02. The standard InChI is InChI=1S/2C30H50/c2*1-25(2)15-11-19-29(7)23-13-21-27(5)17-9-10-18-28(6)22-14-24-30(8)20-12-16-26(3)4/h2*15-18,23-24H,9-14,19-22H2,1-8H3. The van der Waals surface area contributed by atoms with Gasteiger partial charge >= 0.3 is 0 Å². The summed E-state index contributed by atoms with van der Waals surface area (Å²) >= 11 is 0. The van der Waals surface area contributed by atoms with E-state index >= 15 is 0 Å². The Bertz CT molecular complexity index is 1270. The zero-order valence-electron chi connectivity index (χ0n) is 43.1. The van der Waals surface area contributed by atoms with Crippen LogP contribution in [0.1, 0.15) is 239 Å². The van der Waals surface area contributed by atoms with E-state index in [4.69, 9.17) is 0 Å². The molecule has 0 heterocycles. The number of rotatable bonds is 30. The molecule has 0 amide bonds. The SMILES string of the molecule is CC(C)=CCCC(C)=CCCC(C)=CCCC=C(C)CCC=C(C)CCC=C(C)C.CC(C)=CCCC(C)=CCCC(C)=CCCC=C(C)CCC=C(C)CCC=C(C)C. The molecule has 0 saturated carbocycles.